The van der Waals surface area contributed by atoms with E-state index in [1.807, 2.05) is 0 Å². The summed E-state index contributed by atoms with van der Waals surface area (Å²) in [6.45, 7) is 0. The number of hydrogen-bond acceptors (Lipinski definition) is 2. The molecule has 0 saturated carbocycles. The van der Waals surface area contributed by atoms with Gasteiger partial charge in [-0.05, 0) is 24.3 Å². The van der Waals surface area contributed by atoms with Crippen LogP contribution in [0, 0.1) is 0 Å². The molecule has 0 aliphatic rings. The van der Waals surface area contributed by atoms with Gasteiger partial charge < -0.3 is 9.52 Å². The van der Waals surface area contributed by atoms with E-state index in [-0.39, 0.29) is 5.56 Å². The molecule has 76 valence electrons. The summed E-state index contributed by atoms with van der Waals surface area (Å²) in [5.74, 6) is -0.428. The van der Waals surface area contributed by atoms with Crippen LogP contribution in [0.25, 0.3) is 11.3 Å². The lowest BCUT2D eigenvalue weighted by molar-refractivity contribution is 0.0697. The molecule has 0 unspecified atom stereocenters. The molecular formula is C11H7BrO3. The molecule has 0 saturated heterocycles. The van der Waals surface area contributed by atoms with Crippen LogP contribution in [0.2, 0.25) is 0 Å². The predicted molar refractivity (Wildman–Crippen MR) is 58.8 cm³/mol. The Morgan fingerprint density at radius 1 is 1.27 bits per heavy atom. The quantitative estimate of drug-likeness (QED) is 0.907. The average molecular weight is 267 g/mol. The van der Waals surface area contributed by atoms with Gasteiger partial charge in [-0.3, -0.25) is 0 Å². The molecule has 0 spiro atoms. The second-order valence-corrected chi connectivity index (χ2v) is 3.80. The van der Waals surface area contributed by atoms with Crippen molar-refractivity contribution in [2.24, 2.45) is 0 Å². The minimum atomic E-state index is -0.970. The highest BCUT2D eigenvalue weighted by molar-refractivity contribution is 9.10. The van der Waals surface area contributed by atoms with Crippen molar-refractivity contribution in [3.63, 3.8) is 0 Å². The fraction of sp³-hybridized carbons (Fsp3) is 0. The normalized spacial score (nSPS) is 10.2. The maximum absolute atomic E-state index is 11.0. The van der Waals surface area contributed by atoms with E-state index >= 15 is 0 Å². The van der Waals surface area contributed by atoms with Gasteiger partial charge in [-0.1, -0.05) is 22.0 Å². The molecule has 2 aromatic rings. The molecule has 0 aliphatic carbocycles. The van der Waals surface area contributed by atoms with Crippen LogP contribution >= 0.6 is 15.9 Å². The highest BCUT2D eigenvalue weighted by Gasteiger charge is 2.16. The highest BCUT2D eigenvalue weighted by atomic mass is 79.9. The van der Waals surface area contributed by atoms with Crippen molar-refractivity contribution in [2.45, 2.75) is 0 Å². The third kappa shape index (κ3) is 1.80. The van der Waals surface area contributed by atoms with Crippen LogP contribution in [0.15, 0.2) is 45.5 Å². The standard InChI is InChI=1S/C11H7BrO3/c12-8-4-1-3-7(11(13)14)10(8)9-5-2-6-15-9/h1-6H,(H,13,14). The van der Waals surface area contributed by atoms with Crippen molar-refractivity contribution in [1.82, 2.24) is 0 Å². The summed E-state index contributed by atoms with van der Waals surface area (Å²) in [5.41, 5.74) is 0.786. The summed E-state index contributed by atoms with van der Waals surface area (Å²) in [4.78, 5) is 11.0. The number of hydrogen-bond donors (Lipinski definition) is 1. The monoisotopic (exact) mass is 266 g/mol. The van der Waals surface area contributed by atoms with Crippen molar-refractivity contribution in [3.8, 4) is 11.3 Å². The molecule has 0 amide bonds. The largest absolute Gasteiger partial charge is 0.478 e. The zero-order valence-corrected chi connectivity index (χ0v) is 9.19. The number of carboxylic acids is 1. The maximum atomic E-state index is 11.0. The van der Waals surface area contributed by atoms with E-state index in [1.54, 1.807) is 30.3 Å². The van der Waals surface area contributed by atoms with Crippen LogP contribution in [-0.2, 0) is 0 Å². The van der Waals surface area contributed by atoms with Crippen LogP contribution in [0.4, 0.5) is 0 Å². The third-order valence-corrected chi connectivity index (χ3v) is 2.67. The Morgan fingerprint density at radius 2 is 2.07 bits per heavy atom. The van der Waals surface area contributed by atoms with Crippen molar-refractivity contribution in [3.05, 3.63) is 46.6 Å². The first-order valence-electron chi connectivity index (χ1n) is 4.26. The topological polar surface area (TPSA) is 50.4 Å². The summed E-state index contributed by atoms with van der Waals surface area (Å²) < 4.78 is 5.90. The number of rotatable bonds is 2. The summed E-state index contributed by atoms with van der Waals surface area (Å²) >= 11 is 3.31. The van der Waals surface area contributed by atoms with Gasteiger partial charge in [0.25, 0.3) is 0 Å². The van der Waals surface area contributed by atoms with E-state index in [0.717, 1.165) is 0 Å². The van der Waals surface area contributed by atoms with Gasteiger partial charge in [-0.25, -0.2) is 4.79 Å². The van der Waals surface area contributed by atoms with Gasteiger partial charge in [0.15, 0.2) is 0 Å². The molecule has 2 rings (SSSR count). The van der Waals surface area contributed by atoms with Crippen molar-refractivity contribution < 1.29 is 14.3 Å². The Kier molecular flexibility index (Phi) is 2.60. The second kappa shape index (κ2) is 3.90. The zero-order chi connectivity index (χ0) is 10.8. The van der Waals surface area contributed by atoms with E-state index in [0.29, 0.717) is 15.8 Å². The maximum Gasteiger partial charge on any atom is 0.336 e. The van der Waals surface area contributed by atoms with Crippen LogP contribution in [0.3, 0.4) is 0 Å². The summed E-state index contributed by atoms with van der Waals surface area (Å²) in [5, 5.41) is 9.03. The number of benzene rings is 1. The summed E-state index contributed by atoms with van der Waals surface area (Å²) in [6, 6.07) is 8.46. The lowest BCUT2D eigenvalue weighted by Gasteiger charge is -2.05. The van der Waals surface area contributed by atoms with Crippen molar-refractivity contribution in [2.75, 3.05) is 0 Å². The summed E-state index contributed by atoms with van der Waals surface area (Å²) in [6.07, 6.45) is 1.51. The molecule has 0 fully saturated rings. The molecule has 15 heavy (non-hydrogen) atoms. The average Bonchev–Trinajstić information content (AvgIpc) is 2.70. The second-order valence-electron chi connectivity index (χ2n) is 2.94. The van der Waals surface area contributed by atoms with Crippen molar-refractivity contribution in [1.29, 1.82) is 0 Å². The smallest absolute Gasteiger partial charge is 0.336 e. The molecule has 0 radical (unpaired) electrons. The number of furan rings is 1. The Morgan fingerprint density at radius 3 is 2.67 bits per heavy atom. The van der Waals surface area contributed by atoms with Crippen LogP contribution in [-0.4, -0.2) is 11.1 Å². The molecular weight excluding hydrogens is 260 g/mol. The molecule has 0 bridgehead atoms. The number of halogens is 1. The fourth-order valence-corrected chi connectivity index (χ4v) is 1.94. The Bertz CT molecular complexity index is 489. The Hall–Kier alpha value is -1.55. The van der Waals surface area contributed by atoms with Gasteiger partial charge in [0.1, 0.15) is 5.76 Å². The van der Waals surface area contributed by atoms with Gasteiger partial charge in [0.2, 0.25) is 0 Å². The molecule has 3 nitrogen and oxygen atoms in total. The van der Waals surface area contributed by atoms with Crippen LogP contribution < -0.4 is 0 Å². The molecule has 1 aromatic heterocycles. The Balaban J connectivity index is 2.68. The minimum absolute atomic E-state index is 0.222. The number of carbonyl (C=O) groups is 1. The first-order valence-corrected chi connectivity index (χ1v) is 5.05. The van der Waals surface area contributed by atoms with E-state index in [2.05, 4.69) is 15.9 Å². The molecule has 0 aliphatic heterocycles. The SMILES string of the molecule is O=C(O)c1cccc(Br)c1-c1ccco1. The lowest BCUT2D eigenvalue weighted by atomic mass is 10.1. The first kappa shape index (κ1) is 9.98. The lowest BCUT2D eigenvalue weighted by Crippen LogP contribution is -1.99. The third-order valence-electron chi connectivity index (χ3n) is 2.01. The van der Waals surface area contributed by atoms with Gasteiger partial charge >= 0.3 is 5.97 Å². The van der Waals surface area contributed by atoms with Gasteiger partial charge in [0, 0.05) is 10.0 Å². The molecule has 1 N–H and O–H groups in total. The first-order chi connectivity index (χ1) is 7.20. The zero-order valence-electron chi connectivity index (χ0n) is 7.61. The van der Waals surface area contributed by atoms with Gasteiger partial charge in [-0.2, -0.15) is 0 Å². The van der Waals surface area contributed by atoms with E-state index < -0.39 is 5.97 Å². The van der Waals surface area contributed by atoms with E-state index in [9.17, 15) is 4.79 Å². The Labute approximate surface area is 94.5 Å². The number of carboxylic acid groups (broad SMARTS) is 1. The predicted octanol–water partition coefficient (Wildman–Crippen LogP) is 3.41. The fourth-order valence-electron chi connectivity index (χ4n) is 1.37. The van der Waals surface area contributed by atoms with Gasteiger partial charge in [-0.15, -0.1) is 0 Å². The van der Waals surface area contributed by atoms with Crippen molar-refractivity contribution >= 4 is 21.9 Å². The highest BCUT2D eigenvalue weighted by Crippen LogP contribution is 2.31. The van der Waals surface area contributed by atoms with Crippen LogP contribution in [0.5, 0.6) is 0 Å². The molecule has 4 heteroatoms. The van der Waals surface area contributed by atoms with Gasteiger partial charge in [0.05, 0.1) is 11.8 Å². The van der Waals surface area contributed by atoms with E-state index in [4.69, 9.17) is 9.52 Å². The summed E-state index contributed by atoms with van der Waals surface area (Å²) in [7, 11) is 0. The van der Waals surface area contributed by atoms with Crippen LogP contribution in [0.1, 0.15) is 10.4 Å². The number of aromatic carboxylic acids is 1. The molecule has 1 aromatic carbocycles. The molecule has 0 atom stereocenters. The molecule has 1 heterocycles. The minimum Gasteiger partial charge on any atom is -0.478 e. The van der Waals surface area contributed by atoms with E-state index in [1.165, 1.54) is 6.26 Å².